The molecule has 0 spiro atoms. The molecule has 0 aliphatic carbocycles. The summed E-state index contributed by atoms with van der Waals surface area (Å²) in [4.78, 5) is 10.6. The van der Waals surface area contributed by atoms with Gasteiger partial charge in [0, 0.05) is 14.2 Å². The van der Waals surface area contributed by atoms with Gasteiger partial charge in [0.05, 0.1) is 0 Å². The van der Waals surface area contributed by atoms with Crippen molar-refractivity contribution in [3.63, 3.8) is 0 Å². The molecule has 1 aliphatic rings. The highest BCUT2D eigenvalue weighted by atomic mass is 16.7. The van der Waals surface area contributed by atoms with Crippen molar-refractivity contribution in [2.45, 2.75) is 30.7 Å². The van der Waals surface area contributed by atoms with Gasteiger partial charge in [-0.25, -0.2) is 0 Å². The Bertz CT molecular complexity index is 196. The van der Waals surface area contributed by atoms with Crippen molar-refractivity contribution in [3.8, 4) is 0 Å². The van der Waals surface area contributed by atoms with Gasteiger partial charge < -0.3 is 29.2 Å². The number of methoxy groups -OCH3 is 2. The molecule has 0 radical (unpaired) electrons. The summed E-state index contributed by atoms with van der Waals surface area (Å²) in [5, 5.41) is 19.0. The van der Waals surface area contributed by atoms with Crippen molar-refractivity contribution >= 4 is 6.29 Å². The second-order valence-electron chi connectivity index (χ2n) is 3.02. The maximum atomic E-state index is 10.6. The Hall–Kier alpha value is -0.530. The SMILES string of the molecule is COC1OC(C=O)C(OC)C(O)C1O. The fourth-order valence-corrected chi connectivity index (χ4v) is 1.44. The summed E-state index contributed by atoms with van der Waals surface area (Å²) < 4.78 is 14.6. The zero-order valence-electron chi connectivity index (χ0n) is 7.99. The van der Waals surface area contributed by atoms with Crippen LogP contribution in [0.15, 0.2) is 0 Å². The summed E-state index contributed by atoms with van der Waals surface area (Å²) in [7, 11) is 2.64. The molecule has 82 valence electrons. The van der Waals surface area contributed by atoms with Crippen molar-refractivity contribution in [1.82, 2.24) is 0 Å². The number of ether oxygens (including phenoxy) is 3. The number of carbonyl (C=O) groups excluding carboxylic acids is 1. The largest absolute Gasteiger partial charge is 0.387 e. The number of aliphatic hydroxyl groups excluding tert-OH is 2. The summed E-state index contributed by atoms with van der Waals surface area (Å²) in [6, 6.07) is 0. The van der Waals surface area contributed by atoms with Crippen LogP contribution in [0.25, 0.3) is 0 Å². The third kappa shape index (κ3) is 1.94. The van der Waals surface area contributed by atoms with Gasteiger partial charge in [-0.15, -0.1) is 0 Å². The lowest BCUT2D eigenvalue weighted by atomic mass is 9.99. The van der Waals surface area contributed by atoms with Crippen LogP contribution in [0.3, 0.4) is 0 Å². The molecule has 0 aromatic rings. The van der Waals surface area contributed by atoms with Crippen molar-refractivity contribution in [1.29, 1.82) is 0 Å². The average molecular weight is 206 g/mol. The van der Waals surface area contributed by atoms with Gasteiger partial charge in [-0.2, -0.15) is 0 Å². The van der Waals surface area contributed by atoms with Crippen LogP contribution in [-0.4, -0.2) is 61.4 Å². The van der Waals surface area contributed by atoms with Gasteiger partial charge in [-0.05, 0) is 0 Å². The molecule has 1 fully saturated rings. The monoisotopic (exact) mass is 206 g/mol. The lowest BCUT2D eigenvalue weighted by molar-refractivity contribution is -0.284. The first kappa shape index (κ1) is 11.5. The minimum absolute atomic E-state index is 0.509. The Kier molecular flexibility index (Phi) is 3.97. The standard InChI is InChI=1S/C8H14O6/c1-12-7-4(3-9)14-8(13-2)6(11)5(7)10/h3-8,10-11H,1-2H3. The summed E-state index contributed by atoms with van der Waals surface area (Å²) in [6.45, 7) is 0. The summed E-state index contributed by atoms with van der Waals surface area (Å²) in [5.74, 6) is 0. The van der Waals surface area contributed by atoms with Crippen molar-refractivity contribution in [2.75, 3.05) is 14.2 Å². The smallest absolute Gasteiger partial charge is 0.186 e. The molecule has 2 N–H and O–H groups in total. The third-order valence-corrected chi connectivity index (χ3v) is 2.22. The lowest BCUT2D eigenvalue weighted by Gasteiger charge is -2.39. The molecular formula is C8H14O6. The van der Waals surface area contributed by atoms with Gasteiger partial charge in [0.2, 0.25) is 0 Å². The molecule has 1 saturated heterocycles. The van der Waals surface area contributed by atoms with Crippen LogP contribution < -0.4 is 0 Å². The first-order valence-corrected chi connectivity index (χ1v) is 4.18. The van der Waals surface area contributed by atoms with E-state index in [1.165, 1.54) is 14.2 Å². The molecule has 1 heterocycles. The molecule has 1 aliphatic heterocycles. The Morgan fingerprint density at radius 2 is 1.86 bits per heavy atom. The molecular weight excluding hydrogens is 192 g/mol. The predicted octanol–water partition coefficient (Wildman–Crippen LogP) is -1.71. The van der Waals surface area contributed by atoms with Crippen LogP contribution >= 0.6 is 0 Å². The fraction of sp³-hybridized carbons (Fsp3) is 0.875. The maximum absolute atomic E-state index is 10.6. The highest BCUT2D eigenvalue weighted by molar-refractivity contribution is 5.57. The van der Waals surface area contributed by atoms with Crippen LogP contribution in [0.2, 0.25) is 0 Å². The van der Waals surface area contributed by atoms with E-state index in [1.54, 1.807) is 0 Å². The van der Waals surface area contributed by atoms with Gasteiger partial charge in [-0.1, -0.05) is 0 Å². The van der Waals surface area contributed by atoms with E-state index in [9.17, 15) is 15.0 Å². The van der Waals surface area contributed by atoms with Crippen LogP contribution in [0, 0.1) is 0 Å². The van der Waals surface area contributed by atoms with Crippen molar-refractivity contribution in [2.24, 2.45) is 0 Å². The molecule has 0 aromatic carbocycles. The molecule has 6 nitrogen and oxygen atoms in total. The molecule has 6 heteroatoms. The van der Waals surface area contributed by atoms with Crippen molar-refractivity contribution < 1.29 is 29.2 Å². The van der Waals surface area contributed by atoms with Gasteiger partial charge in [-0.3, -0.25) is 0 Å². The summed E-state index contributed by atoms with van der Waals surface area (Å²) >= 11 is 0. The van der Waals surface area contributed by atoms with E-state index in [2.05, 4.69) is 0 Å². The van der Waals surface area contributed by atoms with Gasteiger partial charge in [0.25, 0.3) is 0 Å². The minimum Gasteiger partial charge on any atom is -0.387 e. The van der Waals surface area contributed by atoms with E-state index in [4.69, 9.17) is 14.2 Å². The molecule has 0 amide bonds. The predicted molar refractivity (Wildman–Crippen MR) is 44.5 cm³/mol. The van der Waals surface area contributed by atoms with Crippen LogP contribution in [0.1, 0.15) is 0 Å². The minimum atomic E-state index is -1.22. The fourth-order valence-electron chi connectivity index (χ4n) is 1.44. The number of aldehydes is 1. The molecule has 0 saturated carbocycles. The van der Waals surface area contributed by atoms with Crippen molar-refractivity contribution in [3.05, 3.63) is 0 Å². The Morgan fingerprint density at radius 1 is 1.21 bits per heavy atom. The molecule has 0 bridgehead atoms. The average Bonchev–Trinajstić information content (AvgIpc) is 2.21. The molecule has 5 unspecified atom stereocenters. The second kappa shape index (κ2) is 4.81. The number of hydrogen-bond acceptors (Lipinski definition) is 6. The van der Waals surface area contributed by atoms with Crippen LogP contribution in [0.5, 0.6) is 0 Å². The first-order chi connectivity index (χ1) is 6.65. The normalized spacial score (nSPS) is 43.6. The lowest BCUT2D eigenvalue weighted by Crippen LogP contribution is -2.59. The van der Waals surface area contributed by atoms with Gasteiger partial charge in [0.15, 0.2) is 12.6 Å². The zero-order valence-corrected chi connectivity index (χ0v) is 7.99. The number of rotatable bonds is 3. The maximum Gasteiger partial charge on any atom is 0.186 e. The zero-order chi connectivity index (χ0) is 10.7. The Morgan fingerprint density at radius 3 is 2.29 bits per heavy atom. The highest BCUT2D eigenvalue weighted by Crippen LogP contribution is 2.22. The third-order valence-electron chi connectivity index (χ3n) is 2.22. The van der Waals surface area contributed by atoms with E-state index in [-0.39, 0.29) is 0 Å². The van der Waals surface area contributed by atoms with E-state index >= 15 is 0 Å². The van der Waals surface area contributed by atoms with Gasteiger partial charge >= 0.3 is 0 Å². The summed E-state index contributed by atoms with van der Waals surface area (Å²) in [6.07, 6.45) is -4.71. The van der Waals surface area contributed by atoms with Gasteiger partial charge in [0.1, 0.15) is 24.4 Å². The van der Waals surface area contributed by atoms with E-state index in [1.807, 2.05) is 0 Å². The molecule has 5 atom stereocenters. The number of carbonyl (C=O) groups is 1. The Balaban J connectivity index is 2.76. The van der Waals surface area contributed by atoms with E-state index in [0.717, 1.165) is 0 Å². The molecule has 1 rings (SSSR count). The topological polar surface area (TPSA) is 85.2 Å². The number of aliphatic hydroxyl groups is 2. The molecule has 14 heavy (non-hydrogen) atoms. The van der Waals surface area contributed by atoms with E-state index < -0.39 is 30.7 Å². The van der Waals surface area contributed by atoms with E-state index in [0.29, 0.717) is 6.29 Å². The quantitative estimate of drug-likeness (QED) is 0.535. The first-order valence-electron chi connectivity index (χ1n) is 4.18. The summed E-state index contributed by atoms with van der Waals surface area (Å²) in [5.41, 5.74) is 0. The van der Waals surface area contributed by atoms with Crippen LogP contribution in [-0.2, 0) is 19.0 Å². The number of hydrogen-bond donors (Lipinski definition) is 2. The van der Waals surface area contributed by atoms with Crippen LogP contribution in [0.4, 0.5) is 0 Å². The second-order valence-corrected chi connectivity index (χ2v) is 3.02. The highest BCUT2D eigenvalue weighted by Gasteiger charge is 2.44. The molecule has 0 aromatic heterocycles. The Labute approximate surface area is 81.4 Å².